The van der Waals surface area contributed by atoms with Crippen LogP contribution in [0.4, 0.5) is 4.79 Å². The monoisotopic (exact) mass is 359 g/mol. The number of hydrogen-bond donors (Lipinski definition) is 0. The lowest BCUT2D eigenvalue weighted by molar-refractivity contribution is 0.000370. The van der Waals surface area contributed by atoms with Crippen molar-refractivity contribution >= 4 is 29.3 Å². The van der Waals surface area contributed by atoms with Crippen LogP contribution in [0.1, 0.15) is 34.1 Å². The first-order valence-electron chi connectivity index (χ1n) is 7.75. The number of hydrogen-bond acceptors (Lipinski definition) is 3. The molecule has 0 aromatic heterocycles. The highest BCUT2D eigenvalue weighted by Crippen LogP contribution is 2.29. The van der Waals surface area contributed by atoms with Gasteiger partial charge in [0, 0.05) is 31.5 Å². The van der Waals surface area contributed by atoms with Crippen LogP contribution in [-0.2, 0) is 4.74 Å². The van der Waals surface area contributed by atoms with Gasteiger partial charge in [-0.25, -0.2) is 4.79 Å². The van der Waals surface area contributed by atoms with Gasteiger partial charge in [0.25, 0.3) is 0 Å². The molecule has 128 valence electrons. The summed E-state index contributed by atoms with van der Waals surface area (Å²) < 4.78 is 11.4. The summed E-state index contributed by atoms with van der Waals surface area (Å²) in [4.78, 5) is 13.9. The molecule has 0 spiro atoms. The van der Waals surface area contributed by atoms with E-state index >= 15 is 0 Å². The molecule has 23 heavy (non-hydrogen) atoms. The van der Waals surface area contributed by atoms with Crippen LogP contribution in [0.25, 0.3) is 0 Å². The highest BCUT2D eigenvalue weighted by molar-refractivity contribution is 6.42. The SMILES string of the molecule is CC1CN(C(=O)OC(C)(C)C)CCC1Oc1ccc(Cl)c(Cl)c1. The molecule has 0 N–H and O–H groups in total. The van der Waals surface area contributed by atoms with E-state index in [4.69, 9.17) is 32.7 Å². The number of piperidine rings is 1. The molecule has 1 amide bonds. The average molecular weight is 360 g/mol. The van der Waals surface area contributed by atoms with E-state index in [9.17, 15) is 4.79 Å². The Balaban J connectivity index is 1.93. The molecule has 1 fully saturated rings. The van der Waals surface area contributed by atoms with Crippen molar-refractivity contribution in [2.24, 2.45) is 5.92 Å². The van der Waals surface area contributed by atoms with E-state index in [-0.39, 0.29) is 18.1 Å². The third kappa shape index (κ3) is 5.18. The normalized spacial score (nSPS) is 21.9. The van der Waals surface area contributed by atoms with E-state index in [1.807, 2.05) is 20.8 Å². The molecule has 2 rings (SSSR count). The number of halogens is 2. The maximum absolute atomic E-state index is 12.1. The second-order valence-corrected chi connectivity index (χ2v) is 7.74. The van der Waals surface area contributed by atoms with Gasteiger partial charge in [-0.3, -0.25) is 0 Å². The smallest absolute Gasteiger partial charge is 0.410 e. The van der Waals surface area contributed by atoms with E-state index in [1.54, 1.807) is 23.1 Å². The summed E-state index contributed by atoms with van der Waals surface area (Å²) in [5, 5.41) is 0.981. The zero-order valence-electron chi connectivity index (χ0n) is 13.9. The zero-order valence-corrected chi connectivity index (χ0v) is 15.4. The van der Waals surface area contributed by atoms with Gasteiger partial charge in [-0.05, 0) is 32.9 Å². The van der Waals surface area contributed by atoms with Crippen molar-refractivity contribution in [2.45, 2.75) is 45.8 Å². The number of carbonyl (C=O) groups is 1. The topological polar surface area (TPSA) is 38.8 Å². The van der Waals surface area contributed by atoms with Crippen molar-refractivity contribution in [3.63, 3.8) is 0 Å². The highest BCUT2D eigenvalue weighted by Gasteiger charge is 2.32. The summed E-state index contributed by atoms with van der Waals surface area (Å²) in [5.74, 6) is 0.896. The molecule has 1 saturated heterocycles. The molecule has 1 heterocycles. The first kappa shape index (κ1) is 18.2. The predicted molar refractivity (Wildman–Crippen MR) is 92.5 cm³/mol. The predicted octanol–water partition coefficient (Wildman–Crippen LogP) is 5.02. The number of carbonyl (C=O) groups excluding carboxylic acids is 1. The Morgan fingerprint density at radius 2 is 1.96 bits per heavy atom. The molecule has 2 unspecified atom stereocenters. The van der Waals surface area contributed by atoms with Crippen LogP contribution in [0.2, 0.25) is 10.0 Å². The van der Waals surface area contributed by atoms with Crippen molar-refractivity contribution in [2.75, 3.05) is 13.1 Å². The van der Waals surface area contributed by atoms with Crippen LogP contribution in [0.5, 0.6) is 5.75 Å². The van der Waals surface area contributed by atoms with Crippen LogP contribution in [0.3, 0.4) is 0 Å². The molecule has 6 heteroatoms. The lowest BCUT2D eigenvalue weighted by Crippen LogP contribution is -2.48. The minimum atomic E-state index is -0.478. The Labute approximate surface area is 147 Å². The van der Waals surface area contributed by atoms with Gasteiger partial charge in [-0.1, -0.05) is 30.1 Å². The summed E-state index contributed by atoms with van der Waals surface area (Å²) in [5.41, 5.74) is -0.478. The van der Waals surface area contributed by atoms with E-state index in [1.165, 1.54) is 0 Å². The van der Waals surface area contributed by atoms with Gasteiger partial charge < -0.3 is 14.4 Å². The Morgan fingerprint density at radius 1 is 1.26 bits per heavy atom. The summed E-state index contributed by atoms with van der Waals surface area (Å²) >= 11 is 11.9. The maximum atomic E-state index is 12.1. The zero-order chi connectivity index (χ0) is 17.2. The summed E-state index contributed by atoms with van der Waals surface area (Å²) in [7, 11) is 0. The molecular weight excluding hydrogens is 337 g/mol. The molecule has 4 nitrogen and oxygen atoms in total. The Morgan fingerprint density at radius 3 is 2.52 bits per heavy atom. The molecule has 0 radical (unpaired) electrons. The Hall–Kier alpha value is -1.13. The first-order chi connectivity index (χ1) is 10.7. The highest BCUT2D eigenvalue weighted by atomic mass is 35.5. The number of ether oxygens (including phenoxy) is 2. The molecular formula is C17H23Cl2NO3. The van der Waals surface area contributed by atoms with Crippen molar-refractivity contribution in [1.29, 1.82) is 0 Å². The first-order valence-corrected chi connectivity index (χ1v) is 8.51. The van der Waals surface area contributed by atoms with Crippen LogP contribution in [0.15, 0.2) is 18.2 Å². The van der Waals surface area contributed by atoms with Crippen molar-refractivity contribution in [3.05, 3.63) is 28.2 Å². The third-order valence-electron chi connectivity index (χ3n) is 3.66. The second-order valence-electron chi connectivity index (χ2n) is 6.92. The van der Waals surface area contributed by atoms with Gasteiger partial charge in [0.05, 0.1) is 10.0 Å². The summed E-state index contributed by atoms with van der Waals surface area (Å²) in [6, 6.07) is 5.25. The summed E-state index contributed by atoms with van der Waals surface area (Å²) in [6.45, 7) is 8.91. The molecule has 1 aliphatic rings. The van der Waals surface area contributed by atoms with Crippen molar-refractivity contribution < 1.29 is 14.3 Å². The molecule has 0 bridgehead atoms. The fourth-order valence-corrected chi connectivity index (χ4v) is 2.80. The second kappa shape index (κ2) is 7.18. The minimum Gasteiger partial charge on any atom is -0.490 e. The fraction of sp³-hybridized carbons (Fsp3) is 0.588. The van der Waals surface area contributed by atoms with Crippen LogP contribution in [0, 0.1) is 5.92 Å². The van der Waals surface area contributed by atoms with E-state index in [2.05, 4.69) is 6.92 Å². The number of nitrogens with zero attached hydrogens (tertiary/aromatic N) is 1. The van der Waals surface area contributed by atoms with Crippen LogP contribution >= 0.6 is 23.2 Å². The van der Waals surface area contributed by atoms with Gasteiger partial charge in [-0.2, -0.15) is 0 Å². The average Bonchev–Trinajstić information content (AvgIpc) is 2.43. The van der Waals surface area contributed by atoms with E-state index in [0.717, 1.165) is 6.42 Å². The van der Waals surface area contributed by atoms with E-state index in [0.29, 0.717) is 28.9 Å². The fourth-order valence-electron chi connectivity index (χ4n) is 2.52. The third-order valence-corrected chi connectivity index (χ3v) is 4.40. The molecule has 1 aliphatic heterocycles. The minimum absolute atomic E-state index is 0.0333. The number of amides is 1. The Kier molecular flexibility index (Phi) is 5.69. The van der Waals surface area contributed by atoms with Crippen LogP contribution in [-0.4, -0.2) is 35.8 Å². The van der Waals surface area contributed by atoms with Crippen LogP contribution < -0.4 is 4.74 Å². The molecule has 0 aliphatic carbocycles. The quantitative estimate of drug-likeness (QED) is 0.744. The van der Waals surface area contributed by atoms with Gasteiger partial charge in [0.15, 0.2) is 0 Å². The standard InChI is InChI=1S/C17H23Cl2NO3/c1-11-10-20(16(21)23-17(2,3)4)8-7-15(11)22-12-5-6-13(18)14(19)9-12/h5-6,9,11,15H,7-8,10H2,1-4H3. The van der Waals surface area contributed by atoms with E-state index < -0.39 is 5.60 Å². The Bertz CT molecular complexity index is 571. The number of rotatable bonds is 2. The van der Waals surface area contributed by atoms with Gasteiger partial charge in [0.1, 0.15) is 17.5 Å². The van der Waals surface area contributed by atoms with Crippen molar-refractivity contribution in [3.8, 4) is 5.75 Å². The lowest BCUT2D eigenvalue weighted by atomic mass is 9.96. The lowest BCUT2D eigenvalue weighted by Gasteiger charge is -2.37. The number of likely N-dealkylation sites (tertiary alicyclic amines) is 1. The van der Waals surface area contributed by atoms with Gasteiger partial charge >= 0.3 is 6.09 Å². The maximum Gasteiger partial charge on any atom is 0.410 e. The molecule has 1 aromatic carbocycles. The van der Waals surface area contributed by atoms with Crippen molar-refractivity contribution in [1.82, 2.24) is 4.90 Å². The molecule has 0 saturated carbocycles. The number of benzene rings is 1. The van der Waals surface area contributed by atoms with Gasteiger partial charge in [-0.15, -0.1) is 0 Å². The molecule has 2 atom stereocenters. The largest absolute Gasteiger partial charge is 0.490 e. The molecule has 1 aromatic rings. The summed E-state index contributed by atoms with van der Waals surface area (Å²) in [6.07, 6.45) is 0.518. The van der Waals surface area contributed by atoms with Gasteiger partial charge in [0.2, 0.25) is 0 Å².